The fraction of sp³-hybridized carbons (Fsp3) is 0.440. The Hall–Kier alpha value is -2.62. The Morgan fingerprint density at radius 1 is 1.03 bits per heavy atom. The van der Waals surface area contributed by atoms with Crippen LogP contribution in [0.1, 0.15) is 61.2 Å². The maximum absolute atomic E-state index is 12.7. The molecule has 0 spiro atoms. The molecule has 2 aromatic carbocycles. The van der Waals surface area contributed by atoms with Gasteiger partial charge in [0.1, 0.15) is 5.75 Å². The number of benzene rings is 2. The van der Waals surface area contributed by atoms with Gasteiger partial charge < -0.3 is 9.84 Å². The van der Waals surface area contributed by atoms with Gasteiger partial charge in [-0.25, -0.2) is 4.79 Å². The Morgan fingerprint density at radius 3 is 2.10 bits per heavy atom. The smallest absolute Gasteiger partial charge is 0.347 e. The van der Waals surface area contributed by atoms with E-state index in [4.69, 9.17) is 4.74 Å². The summed E-state index contributed by atoms with van der Waals surface area (Å²) in [6, 6.07) is 13.6. The second kappa shape index (κ2) is 9.25. The van der Waals surface area contributed by atoms with Crippen LogP contribution in [0, 0.1) is 25.7 Å². The Balaban J connectivity index is 2.05. The summed E-state index contributed by atoms with van der Waals surface area (Å²) in [4.78, 5) is 24.0. The van der Waals surface area contributed by atoms with Gasteiger partial charge in [0, 0.05) is 11.5 Å². The highest BCUT2D eigenvalue weighted by Gasteiger charge is 2.30. The highest BCUT2D eigenvalue weighted by molar-refractivity contribution is 5.97. The molecule has 156 valence electrons. The lowest BCUT2D eigenvalue weighted by Gasteiger charge is -2.25. The molecular weight excluding hydrogens is 364 g/mol. The van der Waals surface area contributed by atoms with Crippen LogP contribution in [0.25, 0.3) is 0 Å². The van der Waals surface area contributed by atoms with Crippen LogP contribution >= 0.6 is 0 Å². The first kappa shape index (κ1) is 22.7. The summed E-state index contributed by atoms with van der Waals surface area (Å²) >= 11 is 0. The van der Waals surface area contributed by atoms with Crippen molar-refractivity contribution < 1.29 is 19.4 Å². The number of rotatable bonds is 9. The van der Waals surface area contributed by atoms with E-state index in [0.717, 1.165) is 29.5 Å². The lowest BCUT2D eigenvalue weighted by atomic mass is 9.84. The molecule has 0 aliphatic heterocycles. The maximum Gasteiger partial charge on any atom is 0.347 e. The monoisotopic (exact) mass is 396 g/mol. The van der Waals surface area contributed by atoms with Gasteiger partial charge in [0.25, 0.3) is 0 Å². The third-order valence-electron chi connectivity index (χ3n) is 5.61. The quantitative estimate of drug-likeness (QED) is 0.558. The zero-order valence-corrected chi connectivity index (χ0v) is 18.3. The average Bonchev–Trinajstić information content (AvgIpc) is 2.68. The number of carboxylic acid groups (broad SMARTS) is 1. The summed E-state index contributed by atoms with van der Waals surface area (Å²) in [7, 11) is 0. The second-order valence-electron chi connectivity index (χ2n) is 8.51. The first-order valence-electron chi connectivity index (χ1n) is 10.1. The molecule has 0 saturated carbocycles. The van der Waals surface area contributed by atoms with Gasteiger partial charge in [-0.2, -0.15) is 0 Å². The second-order valence-corrected chi connectivity index (χ2v) is 8.51. The molecular formula is C25H32O4. The molecule has 0 amide bonds. The molecule has 0 bridgehead atoms. The van der Waals surface area contributed by atoms with Crippen molar-refractivity contribution in [2.75, 3.05) is 0 Å². The summed E-state index contributed by atoms with van der Waals surface area (Å²) in [6.07, 6.45) is 1.76. The highest BCUT2D eigenvalue weighted by Crippen LogP contribution is 2.30. The molecule has 0 fully saturated rings. The van der Waals surface area contributed by atoms with Crippen LogP contribution in [0.5, 0.6) is 5.75 Å². The minimum atomic E-state index is -1.28. The highest BCUT2D eigenvalue weighted by atomic mass is 16.5. The van der Waals surface area contributed by atoms with Crippen LogP contribution in [-0.2, 0) is 11.2 Å². The normalized spacial score (nSPS) is 13.6. The number of hydrogen-bond donors (Lipinski definition) is 1. The maximum atomic E-state index is 12.7. The van der Waals surface area contributed by atoms with E-state index in [1.807, 2.05) is 51.1 Å². The Labute approximate surface area is 173 Å². The molecule has 0 heterocycles. The van der Waals surface area contributed by atoms with Crippen molar-refractivity contribution in [2.45, 2.75) is 60.0 Å². The van der Waals surface area contributed by atoms with Gasteiger partial charge in [0.15, 0.2) is 11.4 Å². The minimum absolute atomic E-state index is 0.0430. The summed E-state index contributed by atoms with van der Waals surface area (Å²) < 4.78 is 5.78. The van der Waals surface area contributed by atoms with E-state index in [1.54, 1.807) is 13.8 Å². The summed E-state index contributed by atoms with van der Waals surface area (Å²) in [6.45, 7) is 11.1. The van der Waals surface area contributed by atoms with Crippen molar-refractivity contribution >= 4 is 11.8 Å². The standard InChI is InChI=1S/C25H32O4/c1-16(19(4)22(26)21-10-8-7-9-11-21)12-13-20-14-17(2)23(18(3)15-20)29-25(5,6)24(27)28/h7-11,14-16,19H,12-13H2,1-6H3,(H,27,28)/t16-,19+/m1/s1. The minimum Gasteiger partial charge on any atom is -0.478 e. The van der Waals surface area contributed by atoms with Gasteiger partial charge in [-0.05, 0) is 63.1 Å². The molecule has 1 N–H and O–H groups in total. The Bertz CT molecular complexity index is 845. The van der Waals surface area contributed by atoms with Crippen molar-refractivity contribution in [1.29, 1.82) is 0 Å². The molecule has 0 radical (unpaired) electrons. The number of aliphatic carboxylic acids is 1. The molecule has 29 heavy (non-hydrogen) atoms. The van der Waals surface area contributed by atoms with Gasteiger partial charge >= 0.3 is 5.97 Å². The van der Waals surface area contributed by atoms with E-state index in [0.29, 0.717) is 5.75 Å². The van der Waals surface area contributed by atoms with Crippen LogP contribution in [-0.4, -0.2) is 22.5 Å². The molecule has 0 unspecified atom stereocenters. The number of ether oxygens (including phenoxy) is 1. The Kier molecular flexibility index (Phi) is 7.23. The van der Waals surface area contributed by atoms with E-state index in [1.165, 1.54) is 5.56 Å². The largest absolute Gasteiger partial charge is 0.478 e. The van der Waals surface area contributed by atoms with Gasteiger partial charge in [-0.1, -0.05) is 56.3 Å². The van der Waals surface area contributed by atoms with Crippen molar-refractivity contribution in [2.24, 2.45) is 11.8 Å². The summed E-state index contributed by atoms with van der Waals surface area (Å²) in [5.41, 5.74) is 2.51. The van der Waals surface area contributed by atoms with E-state index < -0.39 is 11.6 Å². The van der Waals surface area contributed by atoms with Gasteiger partial charge in [0.05, 0.1) is 0 Å². The first-order chi connectivity index (χ1) is 13.5. The zero-order chi connectivity index (χ0) is 21.8. The van der Waals surface area contributed by atoms with Crippen LogP contribution < -0.4 is 4.74 Å². The van der Waals surface area contributed by atoms with Crippen LogP contribution in [0.3, 0.4) is 0 Å². The molecule has 2 atom stereocenters. The predicted octanol–water partition coefficient (Wildman–Crippen LogP) is 5.63. The van der Waals surface area contributed by atoms with Crippen molar-refractivity contribution in [1.82, 2.24) is 0 Å². The van der Waals surface area contributed by atoms with E-state index >= 15 is 0 Å². The topological polar surface area (TPSA) is 63.6 Å². The molecule has 4 heteroatoms. The lowest BCUT2D eigenvalue weighted by molar-refractivity contribution is -0.152. The predicted molar refractivity (Wildman–Crippen MR) is 116 cm³/mol. The molecule has 2 aromatic rings. The fourth-order valence-electron chi connectivity index (χ4n) is 3.41. The van der Waals surface area contributed by atoms with Crippen molar-refractivity contribution in [3.05, 3.63) is 64.7 Å². The lowest BCUT2D eigenvalue weighted by Crippen LogP contribution is -2.38. The number of carbonyl (C=O) groups excluding carboxylic acids is 1. The number of hydrogen-bond acceptors (Lipinski definition) is 3. The number of carboxylic acids is 1. The molecule has 0 aromatic heterocycles. The van der Waals surface area contributed by atoms with Gasteiger partial charge in [0.2, 0.25) is 0 Å². The van der Waals surface area contributed by atoms with E-state index in [2.05, 4.69) is 19.1 Å². The van der Waals surface area contributed by atoms with Crippen LogP contribution in [0.2, 0.25) is 0 Å². The van der Waals surface area contributed by atoms with Crippen molar-refractivity contribution in [3.63, 3.8) is 0 Å². The first-order valence-corrected chi connectivity index (χ1v) is 10.1. The van der Waals surface area contributed by atoms with E-state index in [-0.39, 0.29) is 17.6 Å². The number of ketones is 1. The van der Waals surface area contributed by atoms with Crippen LogP contribution in [0.15, 0.2) is 42.5 Å². The average molecular weight is 397 g/mol. The SMILES string of the molecule is Cc1cc(CC[C@@H](C)[C@H](C)C(=O)c2ccccc2)cc(C)c1OC(C)(C)C(=O)O. The summed E-state index contributed by atoms with van der Waals surface area (Å²) in [5, 5.41) is 9.31. The molecule has 0 aliphatic rings. The fourth-order valence-corrected chi connectivity index (χ4v) is 3.41. The number of carbonyl (C=O) groups is 2. The third kappa shape index (κ3) is 5.69. The zero-order valence-electron chi connectivity index (χ0n) is 18.3. The molecule has 0 aliphatic carbocycles. The molecule has 4 nitrogen and oxygen atoms in total. The third-order valence-corrected chi connectivity index (χ3v) is 5.61. The molecule has 0 saturated heterocycles. The van der Waals surface area contributed by atoms with E-state index in [9.17, 15) is 14.7 Å². The molecule has 2 rings (SSSR count). The number of Topliss-reactive ketones (excluding diaryl/α,β-unsaturated/α-hetero) is 1. The number of aryl methyl sites for hydroxylation is 3. The van der Waals surface area contributed by atoms with Crippen molar-refractivity contribution in [3.8, 4) is 5.75 Å². The van der Waals surface area contributed by atoms with Gasteiger partial charge in [-0.15, -0.1) is 0 Å². The summed E-state index contributed by atoms with van der Waals surface area (Å²) in [5.74, 6) is 0.0296. The van der Waals surface area contributed by atoms with Crippen LogP contribution in [0.4, 0.5) is 0 Å². The Morgan fingerprint density at radius 2 is 1.59 bits per heavy atom. The van der Waals surface area contributed by atoms with Gasteiger partial charge in [-0.3, -0.25) is 4.79 Å².